The van der Waals surface area contributed by atoms with Crippen LogP contribution in [-0.4, -0.2) is 16.8 Å². The number of nitrogens with one attached hydrogen (secondary N) is 2. The van der Waals surface area contributed by atoms with Crippen molar-refractivity contribution in [1.29, 1.82) is 0 Å². The van der Waals surface area contributed by atoms with Crippen LogP contribution in [0.1, 0.15) is 13.3 Å². The number of amides is 2. The maximum absolute atomic E-state index is 12.9. The molecular weight excluding hydrogens is 315 g/mol. The molecule has 1 unspecified atom stereocenters. The second-order valence-corrected chi connectivity index (χ2v) is 5.20. The van der Waals surface area contributed by atoms with Crippen LogP contribution in [0.25, 0.3) is 10.9 Å². The molecule has 3 rings (SSSR count). The second kappa shape index (κ2) is 5.52. The average molecular weight is 327 g/mol. The number of imide groups is 1. The number of rotatable bonds is 0. The number of H-pyrrole nitrogens is 1. The van der Waals surface area contributed by atoms with Crippen LogP contribution >= 0.6 is 15.9 Å². The van der Waals surface area contributed by atoms with Gasteiger partial charge in [-0.3, -0.25) is 14.9 Å². The van der Waals surface area contributed by atoms with E-state index in [9.17, 15) is 14.0 Å². The zero-order valence-electron chi connectivity index (χ0n) is 10.2. The largest absolute Gasteiger partial charge is 0.361 e. The van der Waals surface area contributed by atoms with Gasteiger partial charge in [-0.2, -0.15) is 0 Å². The lowest BCUT2D eigenvalue weighted by atomic mass is 10.1. The number of aromatic nitrogens is 1. The molecule has 1 saturated heterocycles. The molecule has 0 radical (unpaired) electrons. The van der Waals surface area contributed by atoms with Crippen molar-refractivity contribution in [3.63, 3.8) is 0 Å². The van der Waals surface area contributed by atoms with Gasteiger partial charge in [0.15, 0.2) is 0 Å². The van der Waals surface area contributed by atoms with E-state index in [1.807, 2.05) is 6.07 Å². The highest BCUT2D eigenvalue weighted by Gasteiger charge is 2.25. The van der Waals surface area contributed by atoms with Gasteiger partial charge in [0.25, 0.3) is 0 Å². The van der Waals surface area contributed by atoms with E-state index >= 15 is 0 Å². The van der Waals surface area contributed by atoms with E-state index < -0.39 is 0 Å². The number of halogens is 2. The Hall–Kier alpha value is -1.69. The topological polar surface area (TPSA) is 62.0 Å². The summed E-state index contributed by atoms with van der Waals surface area (Å²) in [6, 6.07) is 5.06. The van der Waals surface area contributed by atoms with E-state index in [0.717, 1.165) is 10.9 Å². The van der Waals surface area contributed by atoms with Crippen LogP contribution in [0, 0.1) is 11.7 Å². The molecule has 100 valence electrons. The Morgan fingerprint density at radius 2 is 2.11 bits per heavy atom. The summed E-state index contributed by atoms with van der Waals surface area (Å²) in [5.74, 6) is -0.628. The third-order valence-corrected chi connectivity index (χ3v) is 3.40. The van der Waals surface area contributed by atoms with Crippen molar-refractivity contribution < 1.29 is 14.0 Å². The molecule has 2 N–H and O–H groups in total. The highest BCUT2D eigenvalue weighted by Crippen LogP contribution is 2.21. The van der Waals surface area contributed by atoms with Gasteiger partial charge in [0.05, 0.1) is 4.47 Å². The van der Waals surface area contributed by atoms with Gasteiger partial charge in [-0.15, -0.1) is 0 Å². The first-order valence-corrected chi connectivity index (χ1v) is 6.52. The summed E-state index contributed by atoms with van der Waals surface area (Å²) < 4.78 is 13.4. The Labute approximate surface area is 117 Å². The maximum Gasteiger partial charge on any atom is 0.229 e. The van der Waals surface area contributed by atoms with Crippen LogP contribution in [0.5, 0.6) is 0 Å². The van der Waals surface area contributed by atoms with Crippen molar-refractivity contribution in [2.24, 2.45) is 5.92 Å². The number of hydrogen-bond acceptors (Lipinski definition) is 2. The van der Waals surface area contributed by atoms with Crippen LogP contribution < -0.4 is 5.32 Å². The number of fused-ring (bicyclic) bond motifs is 1. The highest BCUT2D eigenvalue weighted by molar-refractivity contribution is 9.10. The molecule has 4 nitrogen and oxygen atoms in total. The Morgan fingerprint density at radius 1 is 1.37 bits per heavy atom. The minimum absolute atomic E-state index is 0.109. The molecule has 1 aromatic carbocycles. The van der Waals surface area contributed by atoms with Crippen molar-refractivity contribution in [2.45, 2.75) is 13.3 Å². The number of benzene rings is 1. The van der Waals surface area contributed by atoms with E-state index in [1.54, 1.807) is 19.2 Å². The average Bonchev–Trinajstić information content (AvgIpc) is 2.88. The quantitative estimate of drug-likeness (QED) is 0.731. The molecule has 0 aliphatic carbocycles. The van der Waals surface area contributed by atoms with Crippen molar-refractivity contribution >= 4 is 38.6 Å². The molecule has 1 aliphatic rings. The molecular formula is C13H12BrFN2O2. The van der Waals surface area contributed by atoms with Gasteiger partial charge in [-0.1, -0.05) is 6.92 Å². The van der Waals surface area contributed by atoms with E-state index in [0.29, 0.717) is 10.9 Å². The lowest BCUT2D eigenvalue weighted by Crippen LogP contribution is -2.20. The molecule has 2 heterocycles. The first-order chi connectivity index (χ1) is 8.97. The summed E-state index contributed by atoms with van der Waals surface area (Å²) in [5.41, 5.74) is 0.943. The lowest BCUT2D eigenvalue weighted by molar-refractivity contribution is -0.125. The molecule has 1 fully saturated rings. The summed E-state index contributed by atoms with van der Waals surface area (Å²) in [4.78, 5) is 23.8. The van der Waals surface area contributed by atoms with Gasteiger partial charge in [0.2, 0.25) is 11.8 Å². The predicted molar refractivity (Wildman–Crippen MR) is 72.9 cm³/mol. The van der Waals surface area contributed by atoms with E-state index in [-0.39, 0.29) is 23.5 Å². The zero-order valence-corrected chi connectivity index (χ0v) is 11.8. The molecule has 2 aromatic rings. The van der Waals surface area contributed by atoms with Crippen LogP contribution in [0.3, 0.4) is 0 Å². The summed E-state index contributed by atoms with van der Waals surface area (Å²) in [6.45, 7) is 1.74. The first kappa shape index (κ1) is 13.7. The van der Waals surface area contributed by atoms with Crippen molar-refractivity contribution in [3.8, 4) is 0 Å². The molecule has 1 atom stereocenters. The first-order valence-electron chi connectivity index (χ1n) is 5.73. The van der Waals surface area contributed by atoms with E-state index in [4.69, 9.17) is 0 Å². The molecule has 19 heavy (non-hydrogen) atoms. The predicted octanol–water partition coefficient (Wildman–Crippen LogP) is 2.74. The smallest absolute Gasteiger partial charge is 0.229 e. The Bertz CT molecular complexity index is 603. The fraction of sp³-hybridized carbons (Fsp3) is 0.231. The van der Waals surface area contributed by atoms with Crippen LogP contribution in [-0.2, 0) is 9.59 Å². The minimum Gasteiger partial charge on any atom is -0.361 e. The van der Waals surface area contributed by atoms with Gasteiger partial charge in [-0.25, -0.2) is 4.39 Å². The van der Waals surface area contributed by atoms with Crippen LogP contribution in [0.2, 0.25) is 0 Å². The molecule has 0 bridgehead atoms. The van der Waals surface area contributed by atoms with Crippen LogP contribution in [0.15, 0.2) is 28.9 Å². The Morgan fingerprint density at radius 3 is 2.63 bits per heavy atom. The number of carbonyl (C=O) groups is 2. The number of carbonyl (C=O) groups excluding carboxylic acids is 2. The highest BCUT2D eigenvalue weighted by atomic mass is 79.9. The van der Waals surface area contributed by atoms with Gasteiger partial charge < -0.3 is 4.98 Å². The zero-order chi connectivity index (χ0) is 14.0. The van der Waals surface area contributed by atoms with Crippen molar-refractivity contribution in [3.05, 3.63) is 34.7 Å². The molecule has 2 amide bonds. The Kier molecular flexibility index (Phi) is 3.99. The third-order valence-electron chi connectivity index (χ3n) is 2.80. The summed E-state index contributed by atoms with van der Waals surface area (Å²) in [6.07, 6.45) is 2.15. The van der Waals surface area contributed by atoms with Crippen LogP contribution in [0.4, 0.5) is 4.39 Å². The van der Waals surface area contributed by atoms with Gasteiger partial charge >= 0.3 is 0 Å². The number of aromatic amines is 1. The van der Waals surface area contributed by atoms with Crippen molar-refractivity contribution in [1.82, 2.24) is 10.3 Å². The van der Waals surface area contributed by atoms with E-state index in [1.165, 1.54) is 6.07 Å². The summed E-state index contributed by atoms with van der Waals surface area (Å²) in [7, 11) is 0. The lowest BCUT2D eigenvalue weighted by Gasteiger charge is -1.93. The van der Waals surface area contributed by atoms with Gasteiger partial charge in [0.1, 0.15) is 5.82 Å². The summed E-state index contributed by atoms with van der Waals surface area (Å²) >= 11 is 3.11. The third kappa shape index (κ3) is 3.20. The van der Waals surface area contributed by atoms with Crippen molar-refractivity contribution in [2.75, 3.05) is 0 Å². The molecule has 0 saturated carbocycles. The van der Waals surface area contributed by atoms with E-state index in [2.05, 4.69) is 26.2 Å². The standard InChI is InChI=1S/C8H5BrFN.C5H7NO2/c9-6-4-8-5(1-2-11-8)3-7(6)10;1-3-2-4(7)6-5(3)8/h1-4,11H;3H,2H2,1H3,(H,6,7,8). The molecule has 1 aromatic heterocycles. The SMILES string of the molecule is CC1CC(=O)NC1=O.Fc1cc2cc[nH]c2cc1Br. The Balaban J connectivity index is 0.000000148. The molecule has 0 spiro atoms. The monoisotopic (exact) mass is 326 g/mol. The molecule has 1 aliphatic heterocycles. The second-order valence-electron chi connectivity index (χ2n) is 4.35. The molecule has 6 heteroatoms. The fourth-order valence-corrected chi connectivity index (χ4v) is 2.07. The van der Waals surface area contributed by atoms with Gasteiger partial charge in [-0.05, 0) is 34.1 Å². The summed E-state index contributed by atoms with van der Waals surface area (Å²) in [5, 5.41) is 3.08. The fourth-order valence-electron chi connectivity index (χ4n) is 1.73. The van der Waals surface area contributed by atoms with Gasteiger partial charge in [0, 0.05) is 29.4 Å². The minimum atomic E-state index is -0.225. The maximum atomic E-state index is 12.9. The normalized spacial score (nSPS) is 18.2. The number of hydrogen-bond donors (Lipinski definition) is 2.